The molecule has 1 heterocycles. The average Bonchev–Trinajstić information content (AvgIpc) is 3.15. The number of aryl methyl sites for hydroxylation is 1. The van der Waals surface area contributed by atoms with Crippen LogP contribution in [0.3, 0.4) is 0 Å². The predicted molar refractivity (Wildman–Crippen MR) is 130 cm³/mol. The molecular formula is C23H20N4O4S2. The lowest BCUT2D eigenvalue weighted by Crippen LogP contribution is -2.15. The van der Waals surface area contributed by atoms with Gasteiger partial charge in [-0.25, -0.2) is 13.4 Å². The first-order valence-electron chi connectivity index (χ1n) is 9.89. The molecule has 0 atom stereocenters. The van der Waals surface area contributed by atoms with Crippen molar-refractivity contribution in [2.75, 3.05) is 15.4 Å². The zero-order valence-electron chi connectivity index (χ0n) is 17.7. The molecule has 0 spiro atoms. The number of hydrogen-bond donors (Lipinski definition) is 3. The molecule has 1 aromatic heterocycles. The quantitative estimate of drug-likeness (QED) is 0.372. The van der Waals surface area contributed by atoms with Crippen LogP contribution in [0.1, 0.15) is 22.8 Å². The van der Waals surface area contributed by atoms with Crippen molar-refractivity contribution in [2.24, 2.45) is 0 Å². The maximum atomic E-state index is 12.7. The van der Waals surface area contributed by atoms with E-state index in [9.17, 15) is 18.0 Å². The van der Waals surface area contributed by atoms with Gasteiger partial charge in [-0.3, -0.25) is 19.6 Å². The number of nitrogens with zero attached hydrogens (tertiary/aromatic N) is 1. The lowest BCUT2D eigenvalue weighted by atomic mass is 10.2. The summed E-state index contributed by atoms with van der Waals surface area (Å²) in [4.78, 5) is 28.5. The van der Waals surface area contributed by atoms with Crippen molar-refractivity contribution in [2.45, 2.75) is 18.7 Å². The van der Waals surface area contributed by atoms with Crippen LogP contribution in [0.25, 0.3) is 10.2 Å². The summed E-state index contributed by atoms with van der Waals surface area (Å²) in [5.74, 6) is -0.599. The number of amides is 2. The summed E-state index contributed by atoms with van der Waals surface area (Å²) in [6, 6.07) is 18.0. The second kappa shape index (κ2) is 9.00. The third-order valence-electron chi connectivity index (χ3n) is 4.64. The van der Waals surface area contributed by atoms with Crippen LogP contribution in [0.4, 0.5) is 16.5 Å². The van der Waals surface area contributed by atoms with Gasteiger partial charge in [0.2, 0.25) is 5.91 Å². The van der Waals surface area contributed by atoms with Gasteiger partial charge < -0.3 is 5.32 Å². The summed E-state index contributed by atoms with van der Waals surface area (Å²) < 4.78 is 28.6. The molecule has 0 fully saturated rings. The van der Waals surface area contributed by atoms with Crippen molar-refractivity contribution < 1.29 is 18.0 Å². The molecule has 4 aromatic rings. The number of thiazole rings is 1. The van der Waals surface area contributed by atoms with E-state index >= 15 is 0 Å². The minimum atomic E-state index is -3.78. The largest absolute Gasteiger partial charge is 0.326 e. The molecule has 10 heteroatoms. The number of carbonyl (C=O) groups is 2. The van der Waals surface area contributed by atoms with Crippen molar-refractivity contribution in [3.63, 3.8) is 0 Å². The van der Waals surface area contributed by atoms with Crippen LogP contribution >= 0.6 is 11.3 Å². The maximum absolute atomic E-state index is 12.7. The Labute approximate surface area is 194 Å². The fraction of sp³-hybridized carbons (Fsp3) is 0.0870. The molecule has 8 nitrogen and oxygen atoms in total. The molecule has 4 rings (SSSR count). The van der Waals surface area contributed by atoms with Crippen LogP contribution in [0, 0.1) is 6.92 Å². The maximum Gasteiger partial charge on any atom is 0.261 e. The number of anilines is 3. The first-order chi connectivity index (χ1) is 15.7. The molecule has 0 saturated heterocycles. The van der Waals surface area contributed by atoms with Crippen molar-refractivity contribution >= 4 is 59.9 Å². The Balaban J connectivity index is 1.50. The van der Waals surface area contributed by atoms with Crippen molar-refractivity contribution in [3.05, 3.63) is 77.9 Å². The lowest BCUT2D eigenvalue weighted by Gasteiger charge is -2.10. The number of aromatic nitrogens is 1. The van der Waals surface area contributed by atoms with Gasteiger partial charge in [0.05, 0.1) is 15.1 Å². The van der Waals surface area contributed by atoms with E-state index in [4.69, 9.17) is 0 Å². The summed E-state index contributed by atoms with van der Waals surface area (Å²) in [5.41, 5.74) is 2.83. The van der Waals surface area contributed by atoms with Gasteiger partial charge in [0, 0.05) is 23.9 Å². The number of fused-ring (bicyclic) bond motifs is 1. The molecule has 3 aromatic carbocycles. The van der Waals surface area contributed by atoms with Gasteiger partial charge in [-0.2, -0.15) is 0 Å². The average molecular weight is 481 g/mol. The van der Waals surface area contributed by atoms with Crippen LogP contribution in [0.5, 0.6) is 0 Å². The Hall–Kier alpha value is -3.76. The number of benzene rings is 3. The highest BCUT2D eigenvalue weighted by atomic mass is 32.2. The van der Waals surface area contributed by atoms with Crippen LogP contribution in [-0.2, 0) is 14.8 Å². The Morgan fingerprint density at radius 3 is 2.39 bits per heavy atom. The zero-order valence-corrected chi connectivity index (χ0v) is 19.4. The van der Waals surface area contributed by atoms with E-state index in [1.165, 1.54) is 36.5 Å². The van der Waals surface area contributed by atoms with Crippen LogP contribution in [-0.4, -0.2) is 25.2 Å². The predicted octanol–water partition coefficient (Wildman–Crippen LogP) is 4.62. The molecule has 0 aliphatic rings. The minimum absolute atomic E-state index is 0.135. The third kappa shape index (κ3) is 5.36. The Morgan fingerprint density at radius 2 is 1.67 bits per heavy atom. The highest BCUT2D eigenvalue weighted by Crippen LogP contribution is 2.29. The topological polar surface area (TPSA) is 117 Å². The first kappa shape index (κ1) is 22.4. The minimum Gasteiger partial charge on any atom is -0.326 e. The second-order valence-corrected chi connectivity index (χ2v) is 10.0. The van der Waals surface area contributed by atoms with E-state index < -0.39 is 15.9 Å². The van der Waals surface area contributed by atoms with E-state index in [2.05, 4.69) is 20.3 Å². The van der Waals surface area contributed by atoms with Gasteiger partial charge in [-0.15, -0.1) is 0 Å². The molecule has 0 aliphatic carbocycles. The number of sulfonamides is 1. The van der Waals surface area contributed by atoms with Crippen LogP contribution in [0.15, 0.2) is 71.6 Å². The van der Waals surface area contributed by atoms with Gasteiger partial charge in [-0.1, -0.05) is 35.1 Å². The SMILES string of the molecule is CC(=O)Nc1ccc2nc(NC(=O)c3cccc(NS(=O)(=O)c4ccc(C)cc4)c3)sc2c1. The first-order valence-corrected chi connectivity index (χ1v) is 12.2. The van der Waals surface area contributed by atoms with E-state index in [0.29, 0.717) is 16.3 Å². The van der Waals surface area contributed by atoms with E-state index in [1.54, 1.807) is 48.5 Å². The molecule has 0 radical (unpaired) electrons. The molecule has 0 aliphatic heterocycles. The standard InChI is InChI=1S/C23H20N4O4S2/c1-14-6-9-19(10-7-14)33(30,31)27-18-5-3-4-16(12-18)22(29)26-23-25-20-11-8-17(24-15(2)28)13-21(20)32-23/h3-13,27H,1-2H3,(H,24,28)(H,25,26,29). The van der Waals surface area contributed by atoms with Crippen LogP contribution in [0.2, 0.25) is 0 Å². The molecular weight excluding hydrogens is 460 g/mol. The Kier molecular flexibility index (Phi) is 6.12. The summed E-state index contributed by atoms with van der Waals surface area (Å²) in [6.07, 6.45) is 0. The summed E-state index contributed by atoms with van der Waals surface area (Å²) in [7, 11) is -3.78. The van der Waals surface area contributed by atoms with Gasteiger partial charge in [-0.05, 0) is 55.5 Å². The number of rotatable bonds is 6. The van der Waals surface area contributed by atoms with Gasteiger partial charge in [0.25, 0.3) is 15.9 Å². The zero-order chi connectivity index (χ0) is 23.6. The molecule has 0 saturated carbocycles. The summed E-state index contributed by atoms with van der Waals surface area (Å²) in [5, 5.41) is 5.84. The molecule has 33 heavy (non-hydrogen) atoms. The number of hydrogen-bond acceptors (Lipinski definition) is 6. The smallest absolute Gasteiger partial charge is 0.261 e. The molecule has 0 bridgehead atoms. The number of carbonyl (C=O) groups excluding carboxylic acids is 2. The lowest BCUT2D eigenvalue weighted by molar-refractivity contribution is -0.114. The Bertz CT molecular complexity index is 1460. The molecule has 3 N–H and O–H groups in total. The second-order valence-electron chi connectivity index (χ2n) is 7.34. The Morgan fingerprint density at radius 1 is 0.909 bits per heavy atom. The van der Waals surface area contributed by atoms with Crippen LogP contribution < -0.4 is 15.4 Å². The summed E-state index contributed by atoms with van der Waals surface area (Å²) in [6.45, 7) is 3.30. The fourth-order valence-corrected chi connectivity index (χ4v) is 5.03. The van der Waals surface area contributed by atoms with Crippen molar-refractivity contribution in [1.82, 2.24) is 4.98 Å². The van der Waals surface area contributed by atoms with E-state index in [0.717, 1.165) is 10.3 Å². The van der Waals surface area contributed by atoms with Gasteiger partial charge >= 0.3 is 0 Å². The van der Waals surface area contributed by atoms with E-state index in [-0.39, 0.29) is 22.1 Å². The van der Waals surface area contributed by atoms with Gasteiger partial charge in [0.1, 0.15) is 0 Å². The normalized spacial score (nSPS) is 11.2. The van der Waals surface area contributed by atoms with Crippen molar-refractivity contribution in [3.8, 4) is 0 Å². The molecule has 0 unspecified atom stereocenters. The highest BCUT2D eigenvalue weighted by Gasteiger charge is 2.16. The number of nitrogens with one attached hydrogen (secondary N) is 3. The fourth-order valence-electron chi connectivity index (χ4n) is 3.08. The summed E-state index contributed by atoms with van der Waals surface area (Å²) >= 11 is 1.27. The third-order valence-corrected chi connectivity index (χ3v) is 6.97. The molecule has 168 valence electrons. The van der Waals surface area contributed by atoms with E-state index in [1.807, 2.05) is 6.92 Å². The monoisotopic (exact) mass is 480 g/mol. The highest BCUT2D eigenvalue weighted by molar-refractivity contribution is 7.92. The van der Waals surface area contributed by atoms with Gasteiger partial charge in [0.15, 0.2) is 5.13 Å². The van der Waals surface area contributed by atoms with Crippen molar-refractivity contribution in [1.29, 1.82) is 0 Å². The molecule has 2 amide bonds.